The quantitative estimate of drug-likeness (QED) is 0.245. The third kappa shape index (κ3) is 3.73. The molecule has 5 aromatic heterocycles. The standard InChI is InChI=1S/C24H12N10.Pt/c1-3-7-15-13(5-1)19-27-17-9-11-26-24(29-17)34-22-16-8-4-2-6-14(16)20(32-22)28-18-10-12-25-23(30-18)33-21(15)31-19;/h1-12H;/q-2;+2. The molecule has 8 bridgehead atoms. The molecule has 0 unspecified atom stereocenters. The van der Waals surface area contributed by atoms with Crippen LogP contribution in [0.1, 0.15) is 0 Å². The van der Waals surface area contributed by atoms with Crippen molar-refractivity contribution < 1.29 is 21.1 Å². The van der Waals surface area contributed by atoms with Gasteiger partial charge in [0.25, 0.3) is 0 Å². The summed E-state index contributed by atoms with van der Waals surface area (Å²) in [7, 11) is 0. The van der Waals surface area contributed by atoms with E-state index in [0.29, 0.717) is 33.9 Å². The summed E-state index contributed by atoms with van der Waals surface area (Å²) in [6.45, 7) is 0. The molecule has 0 aliphatic carbocycles. The summed E-state index contributed by atoms with van der Waals surface area (Å²) in [4.78, 5) is 45.3. The molecule has 168 valence electrons. The summed E-state index contributed by atoms with van der Waals surface area (Å²) in [5, 5.41) is 3.36. The molecule has 0 saturated heterocycles. The normalized spacial score (nSPS) is 11.2. The maximum atomic E-state index is 4.65. The first-order chi connectivity index (χ1) is 16.8. The van der Waals surface area contributed by atoms with E-state index in [1.807, 2.05) is 48.5 Å². The van der Waals surface area contributed by atoms with Crippen LogP contribution in [0.25, 0.3) is 67.0 Å². The molecular formula is C24H12N10Pt. The van der Waals surface area contributed by atoms with Crippen LogP contribution in [-0.4, -0.2) is 39.9 Å². The van der Waals surface area contributed by atoms with E-state index in [-0.39, 0.29) is 32.6 Å². The van der Waals surface area contributed by atoms with E-state index in [0.717, 1.165) is 21.5 Å². The SMILES string of the molecule is [Pt+2].c1ccc2c3nc4nccc(n4)nc4[n-]c(nc5nccc(n5)nc([n-]3)c2c1)c1ccccc41. The predicted molar refractivity (Wildman–Crippen MR) is 127 cm³/mol. The Labute approximate surface area is 210 Å². The first-order valence-corrected chi connectivity index (χ1v) is 10.4. The van der Waals surface area contributed by atoms with E-state index < -0.39 is 0 Å². The molecule has 7 aromatic rings. The van der Waals surface area contributed by atoms with Gasteiger partial charge in [0.05, 0.1) is 11.3 Å². The van der Waals surface area contributed by atoms with Crippen LogP contribution in [0.15, 0.2) is 73.1 Å². The number of benzene rings is 2. The van der Waals surface area contributed by atoms with Crippen LogP contribution in [0.5, 0.6) is 0 Å². The Balaban J connectivity index is 0.00000229. The molecule has 7 rings (SSSR count). The first kappa shape index (κ1) is 21.1. The fourth-order valence-electron chi connectivity index (χ4n) is 3.85. The molecule has 0 saturated carbocycles. The third-order valence-corrected chi connectivity index (χ3v) is 5.35. The zero-order valence-electron chi connectivity index (χ0n) is 17.7. The largest absolute Gasteiger partial charge is 2.00 e. The number of hydrogen-bond donors (Lipinski definition) is 0. The fraction of sp³-hybridized carbons (Fsp3) is 0. The van der Waals surface area contributed by atoms with Crippen molar-refractivity contribution in [1.82, 2.24) is 49.8 Å². The number of aromatic nitrogens is 10. The number of fused-ring (bicyclic) bond motifs is 14. The zero-order valence-corrected chi connectivity index (χ0v) is 20.0. The maximum absolute atomic E-state index is 4.65. The van der Waals surface area contributed by atoms with Gasteiger partial charge in [0, 0.05) is 35.0 Å². The van der Waals surface area contributed by atoms with Crippen molar-refractivity contribution in [1.29, 1.82) is 0 Å². The Bertz CT molecular complexity index is 1720. The summed E-state index contributed by atoms with van der Waals surface area (Å²) >= 11 is 0. The van der Waals surface area contributed by atoms with Gasteiger partial charge >= 0.3 is 21.1 Å². The minimum atomic E-state index is 0. The van der Waals surface area contributed by atoms with Gasteiger partial charge in [-0.15, -0.1) is 0 Å². The minimum absolute atomic E-state index is 0. The number of rotatable bonds is 0. The Morgan fingerprint density at radius 3 is 1.20 bits per heavy atom. The molecule has 2 aromatic carbocycles. The molecular weight excluding hydrogens is 623 g/mol. The van der Waals surface area contributed by atoms with E-state index >= 15 is 0 Å². The molecule has 0 radical (unpaired) electrons. The summed E-state index contributed by atoms with van der Waals surface area (Å²) in [6.07, 6.45) is 3.22. The predicted octanol–water partition coefficient (Wildman–Crippen LogP) is 3.36. The third-order valence-electron chi connectivity index (χ3n) is 5.35. The zero-order chi connectivity index (χ0) is 22.5. The van der Waals surface area contributed by atoms with Crippen molar-refractivity contribution in [3.63, 3.8) is 0 Å². The van der Waals surface area contributed by atoms with E-state index in [1.54, 1.807) is 24.5 Å². The Hall–Kier alpha value is -4.43. The van der Waals surface area contributed by atoms with Crippen molar-refractivity contribution in [3.8, 4) is 0 Å². The molecule has 0 spiro atoms. The first-order valence-electron chi connectivity index (χ1n) is 10.4. The van der Waals surface area contributed by atoms with Gasteiger partial charge in [-0.25, -0.2) is 19.9 Å². The molecule has 0 N–H and O–H groups in total. The van der Waals surface area contributed by atoms with Crippen LogP contribution in [0, 0.1) is 0 Å². The van der Waals surface area contributed by atoms with Crippen molar-refractivity contribution in [3.05, 3.63) is 73.1 Å². The van der Waals surface area contributed by atoms with E-state index in [2.05, 4.69) is 49.8 Å². The van der Waals surface area contributed by atoms with Crippen LogP contribution < -0.4 is 9.97 Å². The van der Waals surface area contributed by atoms with Crippen molar-refractivity contribution in [2.24, 2.45) is 0 Å². The van der Waals surface area contributed by atoms with Crippen LogP contribution in [-0.2, 0) is 21.1 Å². The van der Waals surface area contributed by atoms with Gasteiger partial charge in [0.1, 0.15) is 0 Å². The summed E-state index contributed by atoms with van der Waals surface area (Å²) in [5.41, 5.74) is 2.77. The molecule has 35 heavy (non-hydrogen) atoms. The minimum Gasteiger partial charge on any atom is -0.357 e. The molecule has 0 aliphatic heterocycles. The Morgan fingerprint density at radius 2 is 0.800 bits per heavy atom. The molecule has 11 heteroatoms. The van der Waals surface area contributed by atoms with Crippen molar-refractivity contribution in [2.75, 3.05) is 0 Å². The summed E-state index contributed by atoms with van der Waals surface area (Å²) < 4.78 is 0. The van der Waals surface area contributed by atoms with Gasteiger partial charge in [-0.2, -0.15) is 0 Å². The van der Waals surface area contributed by atoms with E-state index in [1.165, 1.54) is 0 Å². The van der Waals surface area contributed by atoms with Gasteiger partial charge in [-0.3, -0.25) is 0 Å². The van der Waals surface area contributed by atoms with E-state index in [4.69, 9.17) is 0 Å². The topological polar surface area (TPSA) is 131 Å². The second-order valence-corrected chi connectivity index (χ2v) is 7.49. The molecule has 0 aliphatic rings. The van der Waals surface area contributed by atoms with Crippen molar-refractivity contribution in [2.45, 2.75) is 0 Å². The molecule has 0 atom stereocenters. The Morgan fingerprint density at radius 1 is 0.429 bits per heavy atom. The number of hydrogen-bond acceptors (Lipinski definition) is 8. The second-order valence-electron chi connectivity index (χ2n) is 7.49. The maximum Gasteiger partial charge on any atom is 2.00 e. The van der Waals surface area contributed by atoms with Crippen molar-refractivity contribution >= 4 is 67.0 Å². The summed E-state index contributed by atoms with van der Waals surface area (Å²) in [6, 6.07) is 18.8. The number of nitrogens with zero attached hydrogens (tertiary/aromatic N) is 10. The average Bonchev–Trinajstić information content (AvgIpc) is 3.37. The molecule has 0 fully saturated rings. The van der Waals surface area contributed by atoms with Gasteiger partial charge in [-0.05, 0) is 33.7 Å². The van der Waals surface area contributed by atoms with Crippen LogP contribution in [0.4, 0.5) is 0 Å². The van der Waals surface area contributed by atoms with E-state index in [9.17, 15) is 0 Å². The smallest absolute Gasteiger partial charge is 0.357 e. The van der Waals surface area contributed by atoms with Crippen LogP contribution in [0.2, 0.25) is 0 Å². The molecule has 0 amide bonds. The van der Waals surface area contributed by atoms with Gasteiger partial charge in [0.2, 0.25) is 0 Å². The summed E-state index contributed by atoms with van der Waals surface area (Å²) in [5.74, 6) is 0.487. The van der Waals surface area contributed by atoms with Gasteiger partial charge < -0.3 is 29.9 Å². The average molecular weight is 636 g/mol. The van der Waals surface area contributed by atoms with Crippen LogP contribution in [0.3, 0.4) is 0 Å². The fourth-order valence-corrected chi connectivity index (χ4v) is 3.85. The second kappa shape index (κ2) is 8.41. The monoisotopic (exact) mass is 635 g/mol. The molecule has 5 heterocycles. The van der Waals surface area contributed by atoms with Gasteiger partial charge in [0.15, 0.2) is 11.6 Å². The Kier molecular flexibility index (Phi) is 5.08. The molecule has 10 nitrogen and oxygen atoms in total. The van der Waals surface area contributed by atoms with Gasteiger partial charge in [-0.1, -0.05) is 48.5 Å². The van der Waals surface area contributed by atoms with Crippen LogP contribution >= 0.6 is 0 Å².